The SMILES string of the molecule is Cc1nn(CC2CC2)c(C)c1CC(=O)Nc1cc(C)n(C(C)C)n1. The van der Waals surface area contributed by atoms with E-state index in [1.54, 1.807) is 0 Å². The number of hydrogen-bond donors (Lipinski definition) is 1. The molecule has 130 valence electrons. The zero-order valence-corrected chi connectivity index (χ0v) is 15.3. The van der Waals surface area contributed by atoms with Gasteiger partial charge in [0.2, 0.25) is 5.91 Å². The molecular formula is C18H27N5O. The lowest BCUT2D eigenvalue weighted by molar-refractivity contribution is -0.115. The first-order valence-corrected chi connectivity index (χ1v) is 8.74. The minimum absolute atomic E-state index is 0.0411. The van der Waals surface area contributed by atoms with Gasteiger partial charge in [0.25, 0.3) is 0 Å². The van der Waals surface area contributed by atoms with Crippen molar-refractivity contribution < 1.29 is 4.79 Å². The van der Waals surface area contributed by atoms with Crippen LogP contribution in [0.25, 0.3) is 0 Å². The highest BCUT2D eigenvalue weighted by Crippen LogP contribution is 2.31. The third-order valence-electron chi connectivity index (χ3n) is 4.68. The van der Waals surface area contributed by atoms with Crippen molar-refractivity contribution in [2.45, 2.75) is 66.5 Å². The van der Waals surface area contributed by atoms with E-state index in [0.29, 0.717) is 12.2 Å². The summed E-state index contributed by atoms with van der Waals surface area (Å²) in [5.74, 6) is 1.35. The van der Waals surface area contributed by atoms with Crippen LogP contribution in [0.3, 0.4) is 0 Å². The summed E-state index contributed by atoms with van der Waals surface area (Å²) in [5.41, 5.74) is 4.14. The van der Waals surface area contributed by atoms with E-state index in [0.717, 1.165) is 35.1 Å². The van der Waals surface area contributed by atoms with Crippen molar-refractivity contribution in [3.8, 4) is 0 Å². The molecule has 0 spiro atoms. The molecule has 0 atom stereocenters. The van der Waals surface area contributed by atoms with Crippen LogP contribution < -0.4 is 5.32 Å². The highest BCUT2D eigenvalue weighted by molar-refractivity contribution is 5.91. The van der Waals surface area contributed by atoms with E-state index in [-0.39, 0.29) is 11.9 Å². The maximum Gasteiger partial charge on any atom is 0.230 e. The van der Waals surface area contributed by atoms with Gasteiger partial charge in [-0.1, -0.05) is 0 Å². The maximum atomic E-state index is 12.4. The van der Waals surface area contributed by atoms with E-state index in [4.69, 9.17) is 0 Å². The van der Waals surface area contributed by atoms with Crippen molar-refractivity contribution in [3.05, 3.63) is 28.7 Å². The number of hydrogen-bond acceptors (Lipinski definition) is 3. The van der Waals surface area contributed by atoms with Gasteiger partial charge in [-0.2, -0.15) is 10.2 Å². The van der Waals surface area contributed by atoms with Crippen molar-refractivity contribution in [1.82, 2.24) is 19.6 Å². The first kappa shape index (κ1) is 16.7. The van der Waals surface area contributed by atoms with Gasteiger partial charge in [-0.3, -0.25) is 14.2 Å². The van der Waals surface area contributed by atoms with Crippen LogP contribution >= 0.6 is 0 Å². The van der Waals surface area contributed by atoms with Crippen LogP contribution in [0.2, 0.25) is 0 Å². The molecule has 0 radical (unpaired) electrons. The first-order chi connectivity index (χ1) is 11.3. The van der Waals surface area contributed by atoms with E-state index in [9.17, 15) is 4.79 Å². The monoisotopic (exact) mass is 329 g/mol. The lowest BCUT2D eigenvalue weighted by Gasteiger charge is -2.07. The summed E-state index contributed by atoms with van der Waals surface area (Å²) < 4.78 is 3.98. The van der Waals surface area contributed by atoms with Crippen LogP contribution in [-0.4, -0.2) is 25.5 Å². The fourth-order valence-electron chi connectivity index (χ4n) is 3.13. The summed E-state index contributed by atoms with van der Waals surface area (Å²) in [4.78, 5) is 12.4. The maximum absolute atomic E-state index is 12.4. The fourth-order valence-corrected chi connectivity index (χ4v) is 3.13. The largest absolute Gasteiger partial charge is 0.309 e. The molecular weight excluding hydrogens is 302 g/mol. The van der Waals surface area contributed by atoms with Gasteiger partial charge in [0.05, 0.1) is 12.1 Å². The molecule has 2 aromatic rings. The fraction of sp³-hybridized carbons (Fsp3) is 0.611. The van der Waals surface area contributed by atoms with Gasteiger partial charge in [0.1, 0.15) is 0 Å². The summed E-state index contributed by atoms with van der Waals surface area (Å²) in [5, 5.41) is 12.0. The van der Waals surface area contributed by atoms with E-state index >= 15 is 0 Å². The van der Waals surface area contributed by atoms with Gasteiger partial charge in [-0.25, -0.2) is 0 Å². The molecule has 6 heteroatoms. The summed E-state index contributed by atoms with van der Waals surface area (Å²) in [6.45, 7) is 11.2. The third-order valence-corrected chi connectivity index (χ3v) is 4.68. The lowest BCUT2D eigenvalue weighted by atomic mass is 10.1. The number of carbonyl (C=O) groups excluding carboxylic acids is 1. The molecule has 0 aromatic carbocycles. The molecule has 1 saturated carbocycles. The number of carbonyl (C=O) groups is 1. The molecule has 0 aliphatic heterocycles. The van der Waals surface area contributed by atoms with Crippen LogP contribution in [0.1, 0.15) is 55.4 Å². The number of rotatable bonds is 6. The molecule has 3 rings (SSSR count). The zero-order chi connectivity index (χ0) is 17.4. The van der Waals surface area contributed by atoms with Crippen molar-refractivity contribution in [2.24, 2.45) is 5.92 Å². The molecule has 24 heavy (non-hydrogen) atoms. The summed E-state index contributed by atoms with van der Waals surface area (Å²) in [6.07, 6.45) is 2.94. The molecule has 0 unspecified atom stereocenters. The second-order valence-electron chi connectivity index (χ2n) is 7.21. The normalized spacial score (nSPS) is 14.4. The molecule has 0 saturated heterocycles. The molecule has 1 aliphatic carbocycles. The van der Waals surface area contributed by atoms with Crippen molar-refractivity contribution >= 4 is 11.7 Å². The van der Waals surface area contributed by atoms with Crippen molar-refractivity contribution in [3.63, 3.8) is 0 Å². The lowest BCUT2D eigenvalue weighted by Crippen LogP contribution is -2.16. The molecule has 2 heterocycles. The Morgan fingerprint density at radius 2 is 2.00 bits per heavy atom. The van der Waals surface area contributed by atoms with Gasteiger partial charge < -0.3 is 5.32 Å². The number of aryl methyl sites for hydroxylation is 2. The Kier molecular flexibility index (Phi) is 4.47. The van der Waals surface area contributed by atoms with Gasteiger partial charge >= 0.3 is 0 Å². The number of nitrogens with zero attached hydrogens (tertiary/aromatic N) is 4. The Morgan fingerprint density at radius 1 is 1.29 bits per heavy atom. The summed E-state index contributed by atoms with van der Waals surface area (Å²) in [6, 6.07) is 2.19. The predicted octanol–water partition coefficient (Wildman–Crippen LogP) is 3.18. The second-order valence-corrected chi connectivity index (χ2v) is 7.21. The Hall–Kier alpha value is -2.11. The number of aromatic nitrogens is 4. The summed E-state index contributed by atoms with van der Waals surface area (Å²) in [7, 11) is 0. The molecule has 6 nitrogen and oxygen atoms in total. The van der Waals surface area contributed by atoms with Gasteiger partial charge in [-0.05, 0) is 53.4 Å². The Bertz CT molecular complexity index is 752. The van der Waals surface area contributed by atoms with Crippen molar-refractivity contribution in [1.29, 1.82) is 0 Å². The van der Waals surface area contributed by atoms with Crippen LogP contribution in [0.4, 0.5) is 5.82 Å². The average molecular weight is 329 g/mol. The van der Waals surface area contributed by atoms with E-state index < -0.39 is 0 Å². The molecule has 1 N–H and O–H groups in total. The van der Waals surface area contributed by atoms with Crippen LogP contribution in [0, 0.1) is 26.7 Å². The van der Waals surface area contributed by atoms with Gasteiger partial charge in [0, 0.05) is 35.6 Å². The highest BCUT2D eigenvalue weighted by Gasteiger charge is 2.24. The third kappa shape index (κ3) is 3.52. The van der Waals surface area contributed by atoms with Gasteiger partial charge in [-0.15, -0.1) is 0 Å². The van der Waals surface area contributed by atoms with E-state index in [2.05, 4.69) is 41.0 Å². The quantitative estimate of drug-likeness (QED) is 0.885. The molecule has 0 bridgehead atoms. The predicted molar refractivity (Wildman–Crippen MR) is 94.1 cm³/mol. The number of anilines is 1. The standard InChI is InChI=1S/C18H27N5O/c1-11(2)23-12(3)8-17(21-23)19-18(24)9-16-13(4)20-22(14(16)5)10-15-6-7-15/h8,11,15H,6-7,9-10H2,1-5H3,(H,19,21,24). The zero-order valence-electron chi connectivity index (χ0n) is 15.3. The van der Waals surface area contributed by atoms with Gasteiger partial charge in [0.15, 0.2) is 5.82 Å². The van der Waals surface area contributed by atoms with E-state index in [1.807, 2.05) is 24.6 Å². The average Bonchev–Trinajstić information content (AvgIpc) is 3.18. The van der Waals surface area contributed by atoms with Crippen molar-refractivity contribution in [2.75, 3.05) is 5.32 Å². The minimum Gasteiger partial charge on any atom is -0.309 e. The topological polar surface area (TPSA) is 64.7 Å². The summed E-state index contributed by atoms with van der Waals surface area (Å²) >= 11 is 0. The van der Waals surface area contributed by atoms with Crippen LogP contribution in [0.5, 0.6) is 0 Å². The Balaban J connectivity index is 1.68. The minimum atomic E-state index is -0.0411. The number of nitrogens with one attached hydrogen (secondary N) is 1. The van der Waals surface area contributed by atoms with Crippen LogP contribution in [-0.2, 0) is 17.8 Å². The Labute approximate surface area is 143 Å². The molecule has 1 aliphatic rings. The van der Waals surface area contributed by atoms with Crippen LogP contribution in [0.15, 0.2) is 6.07 Å². The molecule has 1 amide bonds. The second kappa shape index (κ2) is 6.42. The first-order valence-electron chi connectivity index (χ1n) is 8.74. The smallest absolute Gasteiger partial charge is 0.230 e. The highest BCUT2D eigenvalue weighted by atomic mass is 16.1. The number of amides is 1. The molecule has 2 aromatic heterocycles. The molecule has 1 fully saturated rings. The Morgan fingerprint density at radius 3 is 2.58 bits per heavy atom. The van der Waals surface area contributed by atoms with E-state index in [1.165, 1.54) is 12.8 Å².